The lowest BCUT2D eigenvalue weighted by Crippen LogP contribution is -2.70. The van der Waals surface area contributed by atoms with Gasteiger partial charge < -0.3 is 107 Å². The largest absolute Gasteiger partial charge is 0.479 e. The Morgan fingerprint density at radius 1 is 0.409 bits per heavy atom. The van der Waals surface area contributed by atoms with Crippen LogP contribution in [0.15, 0.2) is 0 Å². The van der Waals surface area contributed by atoms with Gasteiger partial charge in [-0.25, -0.2) is 43.7 Å². The minimum Gasteiger partial charge on any atom is -0.479 e. The van der Waals surface area contributed by atoms with E-state index in [0.717, 1.165) is 67.0 Å². The van der Waals surface area contributed by atoms with Crippen molar-refractivity contribution in [1.29, 1.82) is 0 Å². The predicted molar refractivity (Wildman–Crippen MR) is 363 cm³/mol. The van der Waals surface area contributed by atoms with E-state index < -0.39 is 264 Å². The van der Waals surface area contributed by atoms with Crippen molar-refractivity contribution in [3.05, 3.63) is 0 Å². The zero-order valence-electron chi connectivity index (χ0n) is 61.0. The molecule has 3 amide bonds. The number of aliphatic carboxylic acids is 2. The highest BCUT2D eigenvalue weighted by Crippen LogP contribution is 2.42. The van der Waals surface area contributed by atoms with Crippen LogP contribution in [-0.2, 0) is 197 Å². The molecule has 670 valence electrons. The van der Waals surface area contributed by atoms with E-state index in [1.165, 1.54) is 0 Å². The maximum absolute atomic E-state index is 13.9. The zero-order chi connectivity index (χ0) is 85.7. The Morgan fingerprint density at radius 3 is 1.19 bits per heavy atom. The number of thioether (sulfide) groups is 1. The topological polar surface area (TPSA) is 747 Å². The first-order valence-corrected chi connectivity index (χ1v) is 44.2. The van der Waals surface area contributed by atoms with Gasteiger partial charge in [0.05, 0.1) is 31.9 Å². The molecule has 62 heteroatoms. The summed E-state index contributed by atoms with van der Waals surface area (Å²) >= 11 is 1.81. The number of methoxy groups -OCH3 is 7. The van der Waals surface area contributed by atoms with Crippen molar-refractivity contribution in [2.45, 2.75) is 222 Å². The van der Waals surface area contributed by atoms with Crippen molar-refractivity contribution >= 4 is 108 Å². The molecule has 12 N–H and O–H groups in total. The Balaban J connectivity index is 1.18. The number of carboxylic acids is 2. The predicted octanol–water partition coefficient (Wildman–Crippen LogP) is -5.94. The van der Waals surface area contributed by atoms with Crippen molar-refractivity contribution in [1.82, 2.24) is 16.0 Å². The average Bonchev–Trinajstić information content (AvgIpc) is 1.67. The number of nitrogens with one attached hydrogen (secondary N) is 3. The standard InChI is InChI=1S/C53H89N3O51S8/c1-84-30-23(18-92-109(63,64)65)95-48(29(33(30)85-2)55-27(57)15-11-9-13-17-91-16-12-8-10-14-26-28-22(21-108-26)54-53(62)56-28)100-36-34(86-3)42(88-5)50(102-40(36)46(58)59)99-32-25(20-94-111(69,70)71)97-52(45(107-115(81,82)83)39(32)105-113(75,76)77)101-37-35(87-4)43(89-6)51(103-41(37)47(60)61)98-31-24(19-93-110(66,67)68)96-49(90-7)44(106-114(78,79)80)38(31)104-112(72,73)74/h22-26,28-45,48-52H,8-21H2,1-7H3,(H,55,57)(H,58,59)(H,60,61)(H2,54,56,62)(H,63,64,65)(H,66,67,68)(H,69,70,71)(H,72,73,74)(H,75,76,77)(H,78,79,80)(H,81,82,83)/t22-,23+,24+,25+,26-,28-,29+,30+,31+,32+,33+,34-,35-,36-,37-,38-,39-,40-,41+,42+,43+,44+,45+,48+,49-,50+,51+,52+/m0/s1. The van der Waals surface area contributed by atoms with E-state index in [-0.39, 0.29) is 31.0 Å². The number of ether oxygens (including phenoxy) is 17. The SMILES string of the molecule is CO[C@H]1O[C@H](COS(=O)(=O)O)[C@@H](O[C@@H]2O[C@@H](C(=O)O)[C@@H](O[C@H]3O[C@H](COS(=O)(=O)O)[C@@H](O[C@@H]4O[C@H](C(=O)O)[C@@H](O[C@H]5O[C@H](COS(=O)(=O)O)[C@@H](OC)[C@H](OC)[C@H]5NC(=O)CCCCCOCCCCC[C@@H]5SC[C@@H]6NC(=O)N[C@@H]65)[C@H](OC)[C@H]4OC)[C@H](OS(=O)(=O)O)[C@H]3OS(=O)(=O)O)[C@H](OC)[C@H]2OC)[C@H](OS(=O)(=O)O)[C@H]1OS(=O)(=O)O. The highest BCUT2D eigenvalue weighted by molar-refractivity contribution is 8.00. The Bertz CT molecular complexity index is 4040. The van der Waals surface area contributed by atoms with Crippen LogP contribution in [0.25, 0.3) is 0 Å². The van der Waals surface area contributed by atoms with E-state index >= 15 is 0 Å². The number of unbranched alkanes of at least 4 members (excludes halogenated alkanes) is 4. The van der Waals surface area contributed by atoms with Crippen LogP contribution in [0.3, 0.4) is 0 Å². The summed E-state index contributed by atoms with van der Waals surface area (Å²) < 4.78 is 372. The molecule has 0 aromatic carbocycles. The number of fused-ring (bicyclic) bond motifs is 1. The summed E-state index contributed by atoms with van der Waals surface area (Å²) in [6, 6.07) is -1.59. The van der Waals surface area contributed by atoms with Gasteiger partial charge in [-0.2, -0.15) is 70.7 Å². The second-order valence-corrected chi connectivity index (χ2v) is 34.3. The van der Waals surface area contributed by atoms with Crippen LogP contribution >= 0.6 is 11.8 Å². The number of carbonyl (C=O) groups is 4. The summed E-state index contributed by atoms with van der Waals surface area (Å²) in [5, 5.41) is 30.7. The lowest BCUT2D eigenvalue weighted by Gasteiger charge is -2.51. The molecule has 0 bridgehead atoms. The summed E-state index contributed by atoms with van der Waals surface area (Å²) in [6.07, 6.45) is -54.3. The third-order valence-corrected chi connectivity index (χ3v) is 22.8. The number of hydrogen-bond donors (Lipinski definition) is 12. The first-order chi connectivity index (χ1) is 53.5. The van der Waals surface area contributed by atoms with Gasteiger partial charge in [-0.05, 0) is 25.7 Å². The Labute approximate surface area is 661 Å². The van der Waals surface area contributed by atoms with Crippen molar-refractivity contribution in [2.75, 3.05) is 88.6 Å². The summed E-state index contributed by atoms with van der Waals surface area (Å²) in [6.45, 7) is -3.65. The molecule has 7 aliphatic rings. The molecule has 54 nitrogen and oxygen atoms in total. The van der Waals surface area contributed by atoms with Crippen molar-refractivity contribution < 1.29 is 230 Å². The second kappa shape index (κ2) is 42.5. The van der Waals surface area contributed by atoms with Crippen molar-refractivity contribution in [3.8, 4) is 0 Å². The molecule has 0 radical (unpaired) electrons. The van der Waals surface area contributed by atoms with Crippen LogP contribution in [0.1, 0.15) is 51.4 Å². The minimum absolute atomic E-state index is 0.0902. The van der Waals surface area contributed by atoms with Crippen LogP contribution in [-0.4, -0.2) is 384 Å². The number of amides is 3. The molecule has 0 unspecified atom stereocenters. The monoisotopic (exact) mass is 1840 g/mol. The maximum Gasteiger partial charge on any atom is 0.397 e. The van der Waals surface area contributed by atoms with Crippen LogP contribution in [0.2, 0.25) is 0 Å². The summed E-state index contributed by atoms with van der Waals surface area (Å²) in [4.78, 5) is 52.8. The molecule has 0 aromatic rings. The van der Waals surface area contributed by atoms with Crippen molar-refractivity contribution in [3.63, 3.8) is 0 Å². The average molecular weight is 1840 g/mol. The van der Waals surface area contributed by atoms with Gasteiger partial charge in [-0.3, -0.25) is 36.7 Å². The Hall–Kier alpha value is -3.56. The molecule has 7 aliphatic heterocycles. The molecule has 115 heavy (non-hydrogen) atoms. The summed E-state index contributed by atoms with van der Waals surface area (Å²) in [5.74, 6) is -4.22. The Kier molecular flexibility index (Phi) is 36.4. The normalized spacial score (nSPS) is 35.9. The van der Waals surface area contributed by atoms with E-state index in [4.69, 9.17) is 88.9 Å². The lowest BCUT2D eigenvalue weighted by atomic mass is 9.94. The van der Waals surface area contributed by atoms with Gasteiger partial charge >= 0.3 is 90.8 Å². The number of rotatable bonds is 47. The van der Waals surface area contributed by atoms with Gasteiger partial charge in [0, 0.05) is 80.4 Å². The van der Waals surface area contributed by atoms with Gasteiger partial charge in [0.15, 0.2) is 55.9 Å². The lowest BCUT2D eigenvalue weighted by molar-refractivity contribution is -0.385. The molecular formula is C53H89N3O51S8. The van der Waals surface area contributed by atoms with Crippen LogP contribution < -0.4 is 16.0 Å². The first kappa shape index (κ1) is 98.6. The van der Waals surface area contributed by atoms with E-state index in [1.807, 2.05) is 11.8 Å². The smallest absolute Gasteiger partial charge is 0.397 e. The third-order valence-electron chi connectivity index (χ3n) is 18.1. The Morgan fingerprint density at radius 2 is 0.783 bits per heavy atom. The molecule has 0 aliphatic carbocycles. The van der Waals surface area contributed by atoms with Gasteiger partial charge in [0.25, 0.3) is 0 Å². The maximum atomic E-state index is 13.9. The second-order valence-electron chi connectivity index (χ2n) is 25.6. The van der Waals surface area contributed by atoms with E-state index in [9.17, 15) is 120 Å². The molecule has 0 spiro atoms. The van der Waals surface area contributed by atoms with E-state index in [1.54, 1.807) is 0 Å². The fourth-order valence-corrected chi connectivity index (χ4v) is 18.0. The molecule has 0 aromatic heterocycles. The van der Waals surface area contributed by atoms with Gasteiger partial charge in [0.2, 0.25) is 5.91 Å². The highest BCUT2D eigenvalue weighted by Gasteiger charge is 2.63. The fraction of sp³-hybridized carbons (Fsp3) is 0.925. The number of carboxylic acid groups (broad SMARTS) is 2. The third kappa shape index (κ3) is 29.0. The summed E-state index contributed by atoms with van der Waals surface area (Å²) in [7, 11) is -34.9. The van der Waals surface area contributed by atoms with E-state index in [0.29, 0.717) is 45.5 Å². The number of carbonyl (C=O) groups excluding carboxylic acids is 2. The molecule has 7 fully saturated rings. The molecule has 28 atom stereocenters. The number of urea groups is 1. The summed E-state index contributed by atoms with van der Waals surface area (Å²) in [5.41, 5.74) is 0. The fourth-order valence-electron chi connectivity index (χ4n) is 13.6. The minimum atomic E-state index is -6.26. The first-order valence-electron chi connectivity index (χ1n) is 33.6. The highest BCUT2D eigenvalue weighted by atomic mass is 32.3. The molecule has 7 saturated heterocycles. The van der Waals surface area contributed by atoms with Crippen LogP contribution in [0.5, 0.6) is 0 Å². The van der Waals surface area contributed by atoms with Gasteiger partial charge in [0.1, 0.15) is 97.6 Å². The molecule has 7 rings (SSSR count). The van der Waals surface area contributed by atoms with E-state index in [2.05, 4.69) is 36.9 Å². The van der Waals surface area contributed by atoms with Gasteiger partial charge in [-0.1, -0.05) is 19.3 Å². The molecular weight excluding hydrogens is 1750 g/mol. The molecule has 7 heterocycles. The van der Waals surface area contributed by atoms with Crippen LogP contribution in [0.4, 0.5) is 4.79 Å². The molecule has 0 saturated carbocycles. The number of hydrogen-bond acceptors (Lipinski definition) is 43. The van der Waals surface area contributed by atoms with Gasteiger partial charge in [-0.15, -0.1) is 0 Å². The zero-order valence-corrected chi connectivity index (χ0v) is 67.5. The quantitative estimate of drug-likeness (QED) is 0.0153. The van der Waals surface area contributed by atoms with Crippen LogP contribution in [0, 0.1) is 0 Å². The van der Waals surface area contributed by atoms with Crippen molar-refractivity contribution in [2.24, 2.45) is 0 Å².